The van der Waals surface area contributed by atoms with Gasteiger partial charge in [-0.25, -0.2) is 9.49 Å². The van der Waals surface area contributed by atoms with Gasteiger partial charge in [0.1, 0.15) is 5.82 Å². The van der Waals surface area contributed by atoms with E-state index in [9.17, 15) is 22.4 Å². The first-order chi connectivity index (χ1) is 21.5. The van der Waals surface area contributed by atoms with E-state index in [1.54, 1.807) is 12.1 Å². The molecule has 1 aromatic heterocycles. The predicted octanol–water partition coefficient (Wildman–Crippen LogP) is 6.32. The van der Waals surface area contributed by atoms with E-state index < -0.39 is 23.5 Å². The largest absolute Gasteiger partial charge is 0.416 e. The van der Waals surface area contributed by atoms with Crippen molar-refractivity contribution in [2.24, 2.45) is 0 Å². The molecule has 14 heteroatoms. The molecule has 1 aliphatic rings. The number of H-pyrrole nitrogens is 1. The lowest BCUT2D eigenvalue weighted by atomic mass is 9.94. The number of piperazine rings is 1. The third-order valence-corrected chi connectivity index (χ3v) is 8.71. The van der Waals surface area contributed by atoms with E-state index in [-0.39, 0.29) is 18.0 Å². The van der Waals surface area contributed by atoms with Crippen molar-refractivity contribution in [3.8, 4) is 0 Å². The fraction of sp³-hybridized carbons (Fsp3) is 0.355. The second-order valence-corrected chi connectivity index (χ2v) is 11.9. The van der Waals surface area contributed by atoms with Gasteiger partial charge in [-0.2, -0.15) is 13.2 Å². The number of hydrogen-bond acceptors (Lipinski definition) is 6. The van der Waals surface area contributed by atoms with Crippen LogP contribution in [-0.2, 0) is 12.6 Å². The highest BCUT2D eigenvalue weighted by molar-refractivity contribution is 6.42. The van der Waals surface area contributed by atoms with E-state index in [0.717, 1.165) is 49.1 Å². The Morgan fingerprint density at radius 1 is 1.02 bits per heavy atom. The van der Waals surface area contributed by atoms with Crippen LogP contribution in [0.25, 0.3) is 0 Å². The number of benzene rings is 3. The normalized spacial score (nSPS) is 14.9. The quantitative estimate of drug-likeness (QED) is 0.200. The minimum atomic E-state index is -4.78. The third kappa shape index (κ3) is 8.30. The summed E-state index contributed by atoms with van der Waals surface area (Å²) >= 11 is 12.5. The van der Waals surface area contributed by atoms with Crippen molar-refractivity contribution in [1.29, 1.82) is 0 Å². The molecule has 1 N–H and O–H groups in total. The molecular formula is C31H31Cl2F4N7O. The van der Waals surface area contributed by atoms with Crippen LogP contribution in [0.15, 0.2) is 60.7 Å². The van der Waals surface area contributed by atoms with Crippen LogP contribution in [0.3, 0.4) is 0 Å². The number of carbonyl (C=O) groups excluding carboxylic acids is 1. The molecular weight excluding hydrogens is 633 g/mol. The van der Waals surface area contributed by atoms with Crippen LogP contribution < -0.4 is 4.90 Å². The Balaban J connectivity index is 1.25. The minimum absolute atomic E-state index is 0.179. The Bertz CT molecular complexity index is 1610. The summed E-state index contributed by atoms with van der Waals surface area (Å²) in [5, 5.41) is 14.9. The average Bonchev–Trinajstić information content (AvgIpc) is 3.53. The molecule has 2 heterocycles. The molecule has 45 heavy (non-hydrogen) atoms. The molecule has 0 unspecified atom stereocenters. The number of amides is 1. The molecule has 4 aromatic rings. The van der Waals surface area contributed by atoms with Crippen molar-refractivity contribution < 1.29 is 22.4 Å². The lowest BCUT2D eigenvalue weighted by molar-refractivity contribution is -0.137. The van der Waals surface area contributed by atoms with E-state index >= 15 is 0 Å². The van der Waals surface area contributed by atoms with Gasteiger partial charge in [-0.1, -0.05) is 47.5 Å². The van der Waals surface area contributed by atoms with Gasteiger partial charge < -0.3 is 9.80 Å². The second kappa shape index (κ2) is 14.1. The molecule has 8 nitrogen and oxygen atoms in total. The van der Waals surface area contributed by atoms with E-state index in [1.165, 1.54) is 11.9 Å². The van der Waals surface area contributed by atoms with E-state index in [4.69, 9.17) is 23.2 Å². The van der Waals surface area contributed by atoms with Crippen molar-refractivity contribution in [2.45, 2.75) is 24.9 Å². The van der Waals surface area contributed by atoms with Gasteiger partial charge in [-0.3, -0.25) is 9.69 Å². The number of alkyl halides is 3. The van der Waals surface area contributed by atoms with Crippen LogP contribution in [0.4, 0.5) is 23.2 Å². The van der Waals surface area contributed by atoms with Crippen molar-refractivity contribution in [2.75, 3.05) is 51.2 Å². The Labute approximate surface area is 267 Å². The number of aromatic nitrogens is 4. The number of aromatic amines is 1. The molecule has 1 aliphatic heterocycles. The molecule has 0 saturated carbocycles. The summed E-state index contributed by atoms with van der Waals surface area (Å²) in [7, 11) is 1.50. The van der Waals surface area contributed by atoms with Gasteiger partial charge in [-0.15, -0.1) is 5.10 Å². The standard InChI is InChI=1S/C31H31Cl2F4N7O/c1-42(30(45)23-14-24(31(35,36)37)18-25(34)15-23)19-22(20-6-7-26(32)27(33)16-20)8-9-43-10-12-44(13-11-43)28-5-3-2-4-21(28)17-29-38-40-41-39-29/h2-7,14-16,18,22H,8-13,17,19H2,1H3,(H,38,39,40,41)/t22-/m1/s1. The third-order valence-electron chi connectivity index (χ3n) is 7.97. The summed E-state index contributed by atoms with van der Waals surface area (Å²) in [4.78, 5) is 19.2. The van der Waals surface area contributed by atoms with Crippen molar-refractivity contribution in [3.05, 3.63) is 105 Å². The molecule has 238 valence electrons. The van der Waals surface area contributed by atoms with Crippen LogP contribution >= 0.6 is 23.2 Å². The van der Waals surface area contributed by atoms with Crippen LogP contribution in [0.2, 0.25) is 10.0 Å². The number of likely N-dealkylation sites (N-methyl/N-ethyl adjacent to an activating group) is 1. The highest BCUT2D eigenvalue weighted by Gasteiger charge is 2.32. The summed E-state index contributed by atoms with van der Waals surface area (Å²) in [6, 6.07) is 15.3. The van der Waals surface area contributed by atoms with Gasteiger partial charge >= 0.3 is 6.18 Å². The average molecular weight is 665 g/mol. The Hall–Kier alpha value is -3.74. The zero-order valence-electron chi connectivity index (χ0n) is 24.4. The number of tetrazole rings is 1. The van der Waals surface area contributed by atoms with Gasteiger partial charge in [0.05, 0.1) is 15.6 Å². The van der Waals surface area contributed by atoms with Gasteiger partial charge in [0.2, 0.25) is 0 Å². The van der Waals surface area contributed by atoms with E-state index in [2.05, 4.69) is 42.6 Å². The molecule has 1 amide bonds. The number of rotatable bonds is 10. The molecule has 1 atom stereocenters. The first-order valence-electron chi connectivity index (χ1n) is 14.3. The fourth-order valence-electron chi connectivity index (χ4n) is 5.59. The maximum atomic E-state index is 14.0. The summed E-state index contributed by atoms with van der Waals surface area (Å²) < 4.78 is 53.9. The van der Waals surface area contributed by atoms with Crippen molar-refractivity contribution >= 4 is 34.8 Å². The SMILES string of the molecule is CN(C[C@@H](CCN1CCN(c2ccccc2Cc2nnn[nH]2)CC1)c1ccc(Cl)c(Cl)c1)C(=O)c1cc(F)cc(C(F)(F)F)c1. The maximum Gasteiger partial charge on any atom is 0.416 e. The van der Waals surface area contributed by atoms with Crippen LogP contribution in [0.1, 0.15) is 45.2 Å². The zero-order chi connectivity index (χ0) is 32.1. The molecule has 0 radical (unpaired) electrons. The topological polar surface area (TPSA) is 81.2 Å². The predicted molar refractivity (Wildman–Crippen MR) is 164 cm³/mol. The van der Waals surface area contributed by atoms with Crippen LogP contribution in [-0.4, -0.2) is 82.6 Å². The summed E-state index contributed by atoms with van der Waals surface area (Å²) in [5.41, 5.74) is 1.52. The van der Waals surface area contributed by atoms with Crippen LogP contribution in [0.5, 0.6) is 0 Å². The van der Waals surface area contributed by atoms with Gasteiger partial charge in [-0.05, 0) is 70.9 Å². The molecule has 0 spiro atoms. The molecule has 0 aliphatic carbocycles. The van der Waals surface area contributed by atoms with Crippen molar-refractivity contribution in [1.82, 2.24) is 30.4 Å². The summed E-state index contributed by atoms with van der Waals surface area (Å²) in [5.74, 6) is -1.35. The van der Waals surface area contributed by atoms with Crippen LogP contribution in [0, 0.1) is 5.82 Å². The molecule has 3 aromatic carbocycles. The number of halogens is 6. The molecule has 5 rings (SSSR count). The first-order valence-corrected chi connectivity index (χ1v) is 15.1. The fourth-order valence-corrected chi connectivity index (χ4v) is 5.90. The van der Waals surface area contributed by atoms with E-state index in [1.807, 2.05) is 18.2 Å². The number of anilines is 1. The first kappa shape index (κ1) is 32.6. The lowest BCUT2D eigenvalue weighted by Gasteiger charge is -2.37. The van der Waals surface area contributed by atoms with Gasteiger partial charge in [0.15, 0.2) is 5.82 Å². The highest BCUT2D eigenvalue weighted by atomic mass is 35.5. The Kier molecular flexibility index (Phi) is 10.3. The van der Waals surface area contributed by atoms with Gasteiger partial charge in [0.25, 0.3) is 5.91 Å². The number of nitrogens with zero attached hydrogens (tertiary/aromatic N) is 6. The number of nitrogens with one attached hydrogen (secondary N) is 1. The van der Waals surface area contributed by atoms with E-state index in [0.29, 0.717) is 47.4 Å². The lowest BCUT2D eigenvalue weighted by Crippen LogP contribution is -2.47. The minimum Gasteiger partial charge on any atom is -0.369 e. The second-order valence-electron chi connectivity index (χ2n) is 11.1. The summed E-state index contributed by atoms with van der Waals surface area (Å²) in [6.45, 7) is 4.13. The zero-order valence-corrected chi connectivity index (χ0v) is 25.9. The number of hydrogen-bond donors (Lipinski definition) is 1. The summed E-state index contributed by atoms with van der Waals surface area (Å²) in [6.07, 6.45) is -3.55. The van der Waals surface area contributed by atoms with Crippen molar-refractivity contribution in [3.63, 3.8) is 0 Å². The molecule has 1 fully saturated rings. The molecule has 1 saturated heterocycles. The maximum absolute atomic E-state index is 14.0. The highest BCUT2D eigenvalue weighted by Crippen LogP contribution is 2.32. The van der Waals surface area contributed by atoms with Gasteiger partial charge in [0, 0.05) is 63.4 Å². The monoisotopic (exact) mass is 663 g/mol. The Morgan fingerprint density at radius 2 is 1.78 bits per heavy atom. The molecule has 0 bridgehead atoms. The number of para-hydroxylation sites is 1. The smallest absolute Gasteiger partial charge is 0.369 e. The Morgan fingerprint density at radius 3 is 2.47 bits per heavy atom. The number of carbonyl (C=O) groups is 1.